The highest BCUT2D eigenvalue weighted by Crippen LogP contribution is 2.23. The van der Waals surface area contributed by atoms with Gasteiger partial charge in [0.25, 0.3) is 5.91 Å². The SMILES string of the molecule is O=C(O)[C@H]1CCCN1C(=O)c1cccc(S(=O)(=O)NC2CCCC2)c1. The fraction of sp³-hybridized carbons (Fsp3) is 0.529. The third kappa shape index (κ3) is 3.85. The van der Waals surface area contributed by atoms with Crippen molar-refractivity contribution in [3.05, 3.63) is 29.8 Å². The molecule has 2 N–H and O–H groups in total. The van der Waals surface area contributed by atoms with Crippen molar-refractivity contribution in [2.45, 2.75) is 55.5 Å². The van der Waals surface area contributed by atoms with Crippen LogP contribution in [-0.2, 0) is 14.8 Å². The molecule has 0 bridgehead atoms. The van der Waals surface area contributed by atoms with Gasteiger partial charge in [-0.05, 0) is 43.9 Å². The lowest BCUT2D eigenvalue weighted by molar-refractivity contribution is -0.141. The van der Waals surface area contributed by atoms with E-state index in [2.05, 4.69) is 4.72 Å². The number of rotatable bonds is 5. The number of likely N-dealkylation sites (tertiary alicyclic amines) is 1. The summed E-state index contributed by atoms with van der Waals surface area (Å²) in [5.41, 5.74) is 0.197. The van der Waals surface area contributed by atoms with Crippen LogP contribution < -0.4 is 4.72 Å². The topological polar surface area (TPSA) is 104 Å². The molecule has 8 heteroatoms. The molecular formula is C17H22N2O5S. The summed E-state index contributed by atoms with van der Waals surface area (Å²) in [6, 6.07) is 4.92. The maximum atomic E-state index is 12.6. The van der Waals surface area contributed by atoms with Crippen molar-refractivity contribution < 1.29 is 23.1 Å². The number of nitrogens with zero attached hydrogens (tertiary/aromatic N) is 1. The third-order valence-electron chi connectivity index (χ3n) is 4.87. The first-order valence-corrected chi connectivity index (χ1v) is 10.0. The van der Waals surface area contributed by atoms with E-state index in [-0.39, 0.29) is 16.5 Å². The summed E-state index contributed by atoms with van der Waals surface area (Å²) in [4.78, 5) is 25.2. The van der Waals surface area contributed by atoms with Crippen molar-refractivity contribution >= 4 is 21.9 Å². The monoisotopic (exact) mass is 366 g/mol. The molecule has 1 aromatic carbocycles. The molecule has 2 aliphatic rings. The van der Waals surface area contributed by atoms with E-state index in [1.165, 1.54) is 29.2 Å². The van der Waals surface area contributed by atoms with Crippen LogP contribution in [0.25, 0.3) is 0 Å². The minimum Gasteiger partial charge on any atom is -0.480 e. The number of sulfonamides is 1. The van der Waals surface area contributed by atoms with E-state index in [4.69, 9.17) is 0 Å². The molecule has 1 heterocycles. The van der Waals surface area contributed by atoms with Gasteiger partial charge in [-0.1, -0.05) is 18.9 Å². The van der Waals surface area contributed by atoms with Gasteiger partial charge in [-0.3, -0.25) is 4.79 Å². The van der Waals surface area contributed by atoms with Gasteiger partial charge in [0.2, 0.25) is 10.0 Å². The van der Waals surface area contributed by atoms with Crippen molar-refractivity contribution in [1.82, 2.24) is 9.62 Å². The predicted octanol–water partition coefficient (Wildman–Crippen LogP) is 1.60. The van der Waals surface area contributed by atoms with Gasteiger partial charge in [0.15, 0.2) is 0 Å². The summed E-state index contributed by atoms with van der Waals surface area (Å²) in [5.74, 6) is -1.47. The summed E-state index contributed by atoms with van der Waals surface area (Å²) in [6.45, 7) is 0.368. The molecular weight excluding hydrogens is 344 g/mol. The highest BCUT2D eigenvalue weighted by Gasteiger charge is 2.34. The van der Waals surface area contributed by atoms with Gasteiger partial charge in [-0.15, -0.1) is 0 Å². The minimum atomic E-state index is -3.69. The van der Waals surface area contributed by atoms with E-state index in [1.54, 1.807) is 0 Å². The summed E-state index contributed by atoms with van der Waals surface area (Å²) in [6.07, 6.45) is 4.72. The van der Waals surface area contributed by atoms with Gasteiger partial charge < -0.3 is 10.0 Å². The first-order chi connectivity index (χ1) is 11.9. The second-order valence-corrected chi connectivity index (χ2v) is 8.34. The van der Waals surface area contributed by atoms with Gasteiger partial charge >= 0.3 is 5.97 Å². The van der Waals surface area contributed by atoms with E-state index in [0.29, 0.717) is 19.4 Å². The summed E-state index contributed by atoms with van der Waals surface area (Å²) in [7, 11) is -3.69. The molecule has 0 aromatic heterocycles. The highest BCUT2D eigenvalue weighted by atomic mass is 32.2. The molecule has 1 saturated heterocycles. The molecule has 1 aliphatic carbocycles. The van der Waals surface area contributed by atoms with Gasteiger partial charge in [0, 0.05) is 18.2 Å². The third-order valence-corrected chi connectivity index (χ3v) is 6.39. The Balaban J connectivity index is 1.81. The van der Waals surface area contributed by atoms with E-state index in [0.717, 1.165) is 25.7 Å². The van der Waals surface area contributed by atoms with Crippen LogP contribution in [0.4, 0.5) is 0 Å². The molecule has 1 amide bonds. The van der Waals surface area contributed by atoms with Crippen molar-refractivity contribution in [1.29, 1.82) is 0 Å². The van der Waals surface area contributed by atoms with E-state index < -0.39 is 27.9 Å². The van der Waals surface area contributed by atoms with Gasteiger partial charge in [0.1, 0.15) is 6.04 Å². The highest BCUT2D eigenvalue weighted by molar-refractivity contribution is 7.89. The number of benzene rings is 1. The fourth-order valence-corrected chi connectivity index (χ4v) is 4.91. The van der Waals surface area contributed by atoms with Crippen molar-refractivity contribution in [2.75, 3.05) is 6.54 Å². The molecule has 1 aromatic rings. The average molecular weight is 366 g/mol. The molecule has 3 rings (SSSR count). The largest absolute Gasteiger partial charge is 0.480 e. The van der Waals surface area contributed by atoms with Crippen LogP contribution in [0.15, 0.2) is 29.2 Å². The van der Waals surface area contributed by atoms with Crippen molar-refractivity contribution in [2.24, 2.45) is 0 Å². The summed E-state index contributed by atoms with van der Waals surface area (Å²) in [5, 5.41) is 9.22. The zero-order valence-electron chi connectivity index (χ0n) is 13.8. The Hall–Kier alpha value is -1.93. The lowest BCUT2D eigenvalue weighted by Crippen LogP contribution is -2.40. The molecule has 1 saturated carbocycles. The Morgan fingerprint density at radius 3 is 2.52 bits per heavy atom. The lowest BCUT2D eigenvalue weighted by Gasteiger charge is -2.21. The van der Waals surface area contributed by atoms with Crippen molar-refractivity contribution in [3.8, 4) is 0 Å². The van der Waals surface area contributed by atoms with Crippen LogP contribution in [0.1, 0.15) is 48.9 Å². The zero-order valence-corrected chi connectivity index (χ0v) is 14.7. The molecule has 0 spiro atoms. The van der Waals surface area contributed by atoms with Gasteiger partial charge in [0.05, 0.1) is 4.90 Å². The lowest BCUT2D eigenvalue weighted by atomic mass is 10.1. The van der Waals surface area contributed by atoms with Crippen LogP contribution in [0.3, 0.4) is 0 Å². The van der Waals surface area contributed by atoms with Crippen LogP contribution in [0, 0.1) is 0 Å². The fourth-order valence-electron chi connectivity index (χ4n) is 3.56. The average Bonchev–Trinajstić information content (AvgIpc) is 3.25. The second-order valence-electron chi connectivity index (χ2n) is 6.63. The molecule has 0 unspecified atom stereocenters. The smallest absolute Gasteiger partial charge is 0.326 e. The maximum absolute atomic E-state index is 12.6. The van der Waals surface area contributed by atoms with Gasteiger partial charge in [-0.25, -0.2) is 17.9 Å². The molecule has 2 fully saturated rings. The number of carbonyl (C=O) groups is 2. The number of carboxylic acids is 1. The normalized spacial score (nSPS) is 21.6. The van der Waals surface area contributed by atoms with E-state index >= 15 is 0 Å². The minimum absolute atomic E-state index is 0.0383. The van der Waals surface area contributed by atoms with E-state index in [1.807, 2.05) is 0 Å². The Labute approximate surface area is 147 Å². The quantitative estimate of drug-likeness (QED) is 0.824. The predicted molar refractivity (Wildman–Crippen MR) is 90.7 cm³/mol. The second kappa shape index (κ2) is 7.13. The van der Waals surface area contributed by atoms with Crippen molar-refractivity contribution in [3.63, 3.8) is 0 Å². The first kappa shape index (κ1) is 17.9. The first-order valence-electron chi connectivity index (χ1n) is 8.54. The number of hydrogen-bond acceptors (Lipinski definition) is 4. The molecule has 25 heavy (non-hydrogen) atoms. The number of hydrogen-bond donors (Lipinski definition) is 2. The summed E-state index contributed by atoms with van der Waals surface area (Å²) < 4.78 is 27.7. The number of nitrogens with one attached hydrogen (secondary N) is 1. The molecule has 7 nitrogen and oxygen atoms in total. The maximum Gasteiger partial charge on any atom is 0.326 e. The Bertz CT molecular complexity index is 771. The van der Waals surface area contributed by atoms with Gasteiger partial charge in [-0.2, -0.15) is 0 Å². The van der Waals surface area contributed by atoms with Crippen LogP contribution in [0.5, 0.6) is 0 Å². The summed E-state index contributed by atoms with van der Waals surface area (Å²) >= 11 is 0. The number of carboxylic acid groups (broad SMARTS) is 1. The molecule has 1 aliphatic heterocycles. The molecule has 0 radical (unpaired) electrons. The van der Waals surface area contributed by atoms with Crippen LogP contribution in [0.2, 0.25) is 0 Å². The molecule has 136 valence electrons. The number of amides is 1. The van der Waals surface area contributed by atoms with Crippen LogP contribution in [-0.4, -0.2) is 48.9 Å². The Morgan fingerprint density at radius 1 is 1.12 bits per heavy atom. The zero-order chi connectivity index (χ0) is 18.0. The Morgan fingerprint density at radius 2 is 1.84 bits per heavy atom. The number of carbonyl (C=O) groups excluding carboxylic acids is 1. The molecule has 1 atom stereocenters. The Kier molecular flexibility index (Phi) is 5.10. The van der Waals surface area contributed by atoms with Crippen LogP contribution >= 0.6 is 0 Å². The van der Waals surface area contributed by atoms with E-state index in [9.17, 15) is 23.1 Å². The standard InChI is InChI=1S/C17H22N2O5S/c20-16(19-10-4-9-15(19)17(21)22)12-5-3-8-14(11-12)25(23,24)18-13-6-1-2-7-13/h3,5,8,11,13,15,18H,1-2,4,6-7,9-10H2,(H,21,22)/t15-/m1/s1. The number of aliphatic carboxylic acids is 1.